The van der Waals surface area contributed by atoms with Crippen LogP contribution in [0.2, 0.25) is 0 Å². The van der Waals surface area contributed by atoms with Gasteiger partial charge >= 0.3 is 10.1 Å². The molecule has 1 aromatic heterocycles. The number of fused-ring (bicyclic) bond motifs is 1. The van der Waals surface area contributed by atoms with Crippen molar-refractivity contribution in [2.75, 3.05) is 0 Å². The summed E-state index contributed by atoms with van der Waals surface area (Å²) >= 11 is 0. The molecule has 0 amide bonds. The average molecular weight is 334 g/mol. The Morgan fingerprint density at radius 3 is 2.43 bits per heavy atom. The van der Waals surface area contributed by atoms with E-state index >= 15 is 0 Å². The van der Waals surface area contributed by atoms with Gasteiger partial charge in [-0.3, -0.25) is 9.35 Å². The van der Waals surface area contributed by atoms with Gasteiger partial charge in [-0.05, 0) is 36.4 Å². The molecule has 0 aliphatic rings. The molecule has 8 heteroatoms. The van der Waals surface area contributed by atoms with Crippen LogP contribution < -0.4 is 0 Å². The van der Waals surface area contributed by atoms with Crippen LogP contribution in [0.25, 0.3) is 11.0 Å². The minimum Gasteiger partial charge on any atom is -0.305 e. The van der Waals surface area contributed by atoms with Crippen LogP contribution in [0.15, 0.2) is 53.7 Å². The number of Topliss-reactive ketones (excluding diaryl/α,β-unsaturated/α-hetero) is 1. The van der Waals surface area contributed by atoms with Gasteiger partial charge in [-0.15, -0.1) is 0 Å². The molecule has 3 rings (SSSR count). The van der Waals surface area contributed by atoms with Crippen LogP contribution in [0.3, 0.4) is 0 Å². The fourth-order valence-electron chi connectivity index (χ4n) is 2.27. The summed E-state index contributed by atoms with van der Waals surface area (Å²) in [5.74, 6) is -0.911. The van der Waals surface area contributed by atoms with E-state index in [-0.39, 0.29) is 12.1 Å². The Morgan fingerprint density at radius 1 is 1.13 bits per heavy atom. The SMILES string of the molecule is O=C(Cn1c(S(=O)(=O)O)nc2ccccc21)c1ccc(F)cc1. The first-order valence-electron chi connectivity index (χ1n) is 6.58. The first kappa shape index (κ1) is 15.3. The smallest absolute Gasteiger partial charge is 0.305 e. The molecule has 0 unspecified atom stereocenters. The van der Waals surface area contributed by atoms with Crippen molar-refractivity contribution in [1.29, 1.82) is 0 Å². The highest BCUT2D eigenvalue weighted by Gasteiger charge is 2.23. The molecule has 2 aromatic carbocycles. The Hall–Kier alpha value is -2.58. The van der Waals surface area contributed by atoms with E-state index in [9.17, 15) is 22.2 Å². The zero-order chi connectivity index (χ0) is 16.6. The molecule has 0 atom stereocenters. The maximum atomic E-state index is 12.9. The first-order chi connectivity index (χ1) is 10.9. The van der Waals surface area contributed by atoms with Gasteiger partial charge in [0, 0.05) is 5.56 Å². The predicted octanol–water partition coefficient (Wildman–Crippen LogP) is 2.31. The van der Waals surface area contributed by atoms with Crippen LogP contribution >= 0.6 is 0 Å². The lowest BCUT2D eigenvalue weighted by Gasteiger charge is -2.07. The summed E-state index contributed by atoms with van der Waals surface area (Å²) in [6.45, 7) is -0.346. The van der Waals surface area contributed by atoms with Crippen LogP contribution in [0.4, 0.5) is 4.39 Å². The van der Waals surface area contributed by atoms with Gasteiger partial charge in [0.05, 0.1) is 17.6 Å². The Labute approximate surface area is 130 Å². The minimum absolute atomic E-state index is 0.227. The zero-order valence-electron chi connectivity index (χ0n) is 11.7. The number of imidazole rings is 1. The predicted molar refractivity (Wildman–Crippen MR) is 80.3 cm³/mol. The molecule has 3 aromatic rings. The maximum absolute atomic E-state index is 12.9. The third kappa shape index (κ3) is 2.99. The van der Waals surface area contributed by atoms with Crippen molar-refractivity contribution in [3.05, 3.63) is 59.9 Å². The lowest BCUT2D eigenvalue weighted by molar-refractivity contribution is 0.0970. The monoisotopic (exact) mass is 334 g/mol. The number of benzene rings is 2. The standard InChI is InChI=1S/C15H11FN2O4S/c16-11-7-5-10(6-8-11)14(19)9-18-13-4-2-1-3-12(13)17-15(18)23(20,21)22/h1-8H,9H2,(H,20,21,22). The van der Waals surface area contributed by atoms with E-state index in [1.54, 1.807) is 24.3 Å². The van der Waals surface area contributed by atoms with E-state index in [4.69, 9.17) is 0 Å². The van der Waals surface area contributed by atoms with E-state index < -0.39 is 26.9 Å². The largest absolute Gasteiger partial charge is 0.328 e. The van der Waals surface area contributed by atoms with Crippen molar-refractivity contribution in [2.45, 2.75) is 11.7 Å². The summed E-state index contributed by atoms with van der Waals surface area (Å²) in [5, 5.41) is -0.603. The Kier molecular flexibility index (Phi) is 3.70. The maximum Gasteiger partial charge on any atom is 0.328 e. The van der Waals surface area contributed by atoms with Gasteiger partial charge in [0.2, 0.25) is 0 Å². The molecule has 0 spiro atoms. The number of para-hydroxylation sites is 2. The fourth-order valence-corrected chi connectivity index (χ4v) is 2.93. The molecule has 0 bridgehead atoms. The van der Waals surface area contributed by atoms with Gasteiger partial charge in [-0.25, -0.2) is 9.37 Å². The van der Waals surface area contributed by atoms with Gasteiger partial charge in [0.15, 0.2) is 5.78 Å². The highest BCUT2D eigenvalue weighted by Crippen LogP contribution is 2.20. The Bertz CT molecular complexity index is 994. The van der Waals surface area contributed by atoms with E-state index in [2.05, 4.69) is 4.98 Å². The van der Waals surface area contributed by atoms with Crippen molar-refractivity contribution >= 4 is 26.9 Å². The van der Waals surface area contributed by atoms with Gasteiger partial charge in [0.1, 0.15) is 5.82 Å². The molecular weight excluding hydrogens is 323 g/mol. The van der Waals surface area contributed by atoms with Crippen LogP contribution in [0, 0.1) is 5.82 Å². The molecule has 0 aliphatic carbocycles. The second kappa shape index (κ2) is 5.56. The van der Waals surface area contributed by atoms with Crippen LogP contribution in [-0.4, -0.2) is 28.3 Å². The molecule has 0 radical (unpaired) electrons. The molecule has 0 aliphatic heterocycles. The average Bonchev–Trinajstić information content (AvgIpc) is 2.87. The molecule has 1 N–H and O–H groups in total. The molecular formula is C15H11FN2O4S. The summed E-state index contributed by atoms with van der Waals surface area (Å²) in [6.07, 6.45) is 0. The minimum atomic E-state index is -4.59. The topological polar surface area (TPSA) is 89.3 Å². The molecule has 23 heavy (non-hydrogen) atoms. The Morgan fingerprint density at radius 2 is 1.78 bits per heavy atom. The van der Waals surface area contributed by atoms with Gasteiger partial charge in [-0.1, -0.05) is 12.1 Å². The summed E-state index contributed by atoms with van der Waals surface area (Å²) in [7, 11) is -4.59. The fraction of sp³-hybridized carbons (Fsp3) is 0.0667. The van der Waals surface area contributed by atoms with E-state index in [1.807, 2.05) is 0 Å². The molecule has 0 saturated heterocycles. The third-order valence-electron chi connectivity index (χ3n) is 3.32. The van der Waals surface area contributed by atoms with E-state index in [1.165, 1.54) is 12.1 Å². The van der Waals surface area contributed by atoms with Gasteiger partial charge < -0.3 is 4.57 Å². The second-order valence-electron chi connectivity index (χ2n) is 4.87. The number of halogens is 1. The number of nitrogens with zero attached hydrogens (tertiary/aromatic N) is 2. The molecule has 0 fully saturated rings. The highest BCUT2D eigenvalue weighted by atomic mass is 32.2. The molecule has 118 valence electrons. The summed E-state index contributed by atoms with van der Waals surface area (Å²) in [5.41, 5.74) is 0.966. The molecule has 1 heterocycles. The first-order valence-corrected chi connectivity index (χ1v) is 8.02. The van der Waals surface area contributed by atoms with E-state index in [0.29, 0.717) is 11.0 Å². The molecule has 0 saturated carbocycles. The normalized spacial score (nSPS) is 11.7. The Balaban J connectivity index is 2.08. The number of hydrogen-bond acceptors (Lipinski definition) is 4. The second-order valence-corrected chi connectivity index (χ2v) is 6.19. The van der Waals surface area contributed by atoms with Crippen LogP contribution in [0.5, 0.6) is 0 Å². The van der Waals surface area contributed by atoms with Crippen molar-refractivity contribution in [3.63, 3.8) is 0 Å². The summed E-state index contributed by atoms with van der Waals surface area (Å²) in [6, 6.07) is 11.4. The van der Waals surface area contributed by atoms with Crippen LogP contribution in [-0.2, 0) is 16.7 Å². The lowest BCUT2D eigenvalue weighted by Crippen LogP contribution is -2.16. The summed E-state index contributed by atoms with van der Waals surface area (Å²) < 4.78 is 46.4. The number of rotatable bonds is 4. The zero-order valence-corrected chi connectivity index (χ0v) is 12.5. The quantitative estimate of drug-likeness (QED) is 0.584. The highest BCUT2D eigenvalue weighted by molar-refractivity contribution is 7.85. The van der Waals surface area contributed by atoms with Crippen molar-refractivity contribution in [3.8, 4) is 0 Å². The van der Waals surface area contributed by atoms with Gasteiger partial charge in [-0.2, -0.15) is 8.42 Å². The van der Waals surface area contributed by atoms with Crippen molar-refractivity contribution in [2.24, 2.45) is 0 Å². The van der Waals surface area contributed by atoms with Crippen LogP contribution in [0.1, 0.15) is 10.4 Å². The van der Waals surface area contributed by atoms with E-state index in [0.717, 1.165) is 16.7 Å². The number of carbonyl (C=O) groups excluding carboxylic acids is 1. The lowest BCUT2D eigenvalue weighted by atomic mass is 10.1. The molecule has 6 nitrogen and oxygen atoms in total. The number of aromatic nitrogens is 2. The number of carbonyl (C=O) groups is 1. The van der Waals surface area contributed by atoms with Crippen molar-refractivity contribution < 1.29 is 22.2 Å². The van der Waals surface area contributed by atoms with Gasteiger partial charge in [0.25, 0.3) is 5.16 Å². The van der Waals surface area contributed by atoms with Crippen molar-refractivity contribution in [1.82, 2.24) is 9.55 Å². The number of ketones is 1. The summed E-state index contributed by atoms with van der Waals surface area (Å²) in [4.78, 5) is 16.2. The number of hydrogen-bond donors (Lipinski definition) is 1. The third-order valence-corrected chi connectivity index (χ3v) is 4.09.